The zero-order valence-electron chi connectivity index (χ0n) is 19.9. The third kappa shape index (κ3) is 6.19. The highest BCUT2D eigenvalue weighted by Gasteiger charge is 2.33. The van der Waals surface area contributed by atoms with Crippen molar-refractivity contribution in [2.45, 2.75) is 71.3 Å². The van der Waals surface area contributed by atoms with E-state index in [0.29, 0.717) is 11.8 Å². The predicted octanol–water partition coefficient (Wildman–Crippen LogP) is 7.06. The first-order valence-corrected chi connectivity index (χ1v) is 12.2. The van der Waals surface area contributed by atoms with Gasteiger partial charge in [0, 0.05) is 18.1 Å². The summed E-state index contributed by atoms with van der Waals surface area (Å²) in [5.41, 5.74) is 10.5. The highest BCUT2D eigenvalue weighted by molar-refractivity contribution is 6.30. The van der Waals surface area contributed by atoms with Gasteiger partial charge in [-0.3, -0.25) is 0 Å². The van der Waals surface area contributed by atoms with Gasteiger partial charge in [0.1, 0.15) is 5.60 Å². The van der Waals surface area contributed by atoms with Gasteiger partial charge in [0.15, 0.2) is 0 Å². The van der Waals surface area contributed by atoms with E-state index in [9.17, 15) is 4.79 Å². The van der Waals surface area contributed by atoms with Crippen molar-refractivity contribution in [1.82, 2.24) is 4.90 Å². The molecule has 1 aromatic rings. The normalized spacial score (nSPS) is 21.4. The molecule has 1 aliphatic carbocycles. The van der Waals surface area contributed by atoms with Crippen molar-refractivity contribution in [2.24, 2.45) is 11.7 Å². The van der Waals surface area contributed by atoms with Gasteiger partial charge in [-0.15, -0.1) is 0 Å². The minimum absolute atomic E-state index is 0.204. The molecule has 0 spiro atoms. The van der Waals surface area contributed by atoms with E-state index in [1.807, 2.05) is 37.8 Å². The summed E-state index contributed by atoms with van der Waals surface area (Å²) in [4.78, 5) is 14.4. The van der Waals surface area contributed by atoms with E-state index < -0.39 is 5.60 Å². The molecular weight excluding hydrogens is 420 g/mol. The summed E-state index contributed by atoms with van der Waals surface area (Å²) in [6, 6.07) is 6.30. The summed E-state index contributed by atoms with van der Waals surface area (Å²) >= 11 is 6.39. The lowest BCUT2D eigenvalue weighted by Gasteiger charge is -2.37. The smallest absolute Gasteiger partial charge is 0.410 e. The number of ether oxygens (including phenoxy) is 1. The molecule has 5 heteroatoms. The van der Waals surface area contributed by atoms with Gasteiger partial charge in [-0.1, -0.05) is 43.2 Å². The predicted molar refractivity (Wildman–Crippen MR) is 134 cm³/mol. The quantitative estimate of drug-likeness (QED) is 0.527. The summed E-state index contributed by atoms with van der Waals surface area (Å²) < 4.78 is 5.59. The number of amides is 1. The average Bonchev–Trinajstić information content (AvgIpc) is 2.88. The second kappa shape index (κ2) is 10.6. The van der Waals surface area contributed by atoms with E-state index in [-0.39, 0.29) is 6.09 Å². The minimum Gasteiger partial charge on any atom is -0.444 e. The van der Waals surface area contributed by atoms with E-state index in [4.69, 9.17) is 22.1 Å². The van der Waals surface area contributed by atoms with Crippen LogP contribution in [0.5, 0.6) is 0 Å². The number of halogens is 1. The molecule has 1 unspecified atom stereocenters. The molecule has 0 saturated carbocycles. The number of nitrogens with two attached hydrogens (primary N) is 1. The summed E-state index contributed by atoms with van der Waals surface area (Å²) in [7, 11) is 0. The number of piperidine rings is 1. The summed E-state index contributed by atoms with van der Waals surface area (Å²) in [5.74, 6) is 0.874. The van der Waals surface area contributed by atoms with E-state index in [1.54, 1.807) is 6.20 Å². The van der Waals surface area contributed by atoms with Crippen LogP contribution in [0.25, 0.3) is 6.08 Å². The molecule has 1 saturated heterocycles. The van der Waals surface area contributed by atoms with Gasteiger partial charge in [0.2, 0.25) is 0 Å². The van der Waals surface area contributed by atoms with Crippen LogP contribution in [0, 0.1) is 5.92 Å². The summed E-state index contributed by atoms with van der Waals surface area (Å²) in [6.45, 7) is 9.41. The van der Waals surface area contributed by atoms with Crippen LogP contribution in [0.2, 0.25) is 5.02 Å². The zero-order valence-corrected chi connectivity index (χ0v) is 20.6. The van der Waals surface area contributed by atoms with Gasteiger partial charge in [-0.25, -0.2) is 4.79 Å². The molecule has 0 bridgehead atoms. The van der Waals surface area contributed by atoms with Crippen LogP contribution >= 0.6 is 11.6 Å². The monoisotopic (exact) mass is 456 g/mol. The first-order chi connectivity index (χ1) is 15.2. The Labute approximate surface area is 198 Å². The van der Waals surface area contributed by atoms with Crippen molar-refractivity contribution < 1.29 is 9.53 Å². The Balaban J connectivity index is 1.86. The Morgan fingerprint density at radius 1 is 1.28 bits per heavy atom. The molecule has 2 aliphatic rings. The van der Waals surface area contributed by atoms with Crippen LogP contribution in [0.1, 0.15) is 76.8 Å². The fourth-order valence-electron chi connectivity index (χ4n) is 4.85. The maximum Gasteiger partial charge on any atom is 0.410 e. The Morgan fingerprint density at radius 2 is 2.00 bits per heavy atom. The number of carbonyl (C=O) groups is 1. The van der Waals surface area contributed by atoms with Gasteiger partial charge in [-0.2, -0.15) is 0 Å². The van der Waals surface area contributed by atoms with Crippen LogP contribution in [0.4, 0.5) is 4.79 Å². The standard InChI is InChI=1S/C27H37ClN2O2/c1-5-7-20-16-22-17-23(28)9-10-24(22)25(18-21(20)8-6-13-29)19-11-14-30(15-12-19)26(31)32-27(2,3)4/h6,8-10,13,16-17,19,25H,5,7,11-12,14-15,18,29H2,1-4H3/b13-6-,21-8+. The Kier molecular flexibility index (Phi) is 8.10. The Morgan fingerprint density at radius 3 is 2.62 bits per heavy atom. The van der Waals surface area contributed by atoms with Gasteiger partial charge in [0.05, 0.1) is 0 Å². The van der Waals surface area contributed by atoms with E-state index in [0.717, 1.165) is 50.2 Å². The molecule has 1 heterocycles. The maximum atomic E-state index is 12.5. The molecule has 174 valence electrons. The average molecular weight is 457 g/mol. The lowest BCUT2D eigenvalue weighted by Crippen LogP contribution is -2.42. The Bertz CT molecular complexity index is 903. The zero-order chi connectivity index (χ0) is 23.3. The highest BCUT2D eigenvalue weighted by Crippen LogP contribution is 2.44. The van der Waals surface area contributed by atoms with Crippen LogP contribution in [0.3, 0.4) is 0 Å². The van der Waals surface area contributed by atoms with Gasteiger partial charge < -0.3 is 15.4 Å². The molecule has 1 fully saturated rings. The molecule has 1 amide bonds. The Hall–Kier alpha value is -2.20. The second-order valence-electron chi connectivity index (χ2n) is 9.89. The lowest BCUT2D eigenvalue weighted by molar-refractivity contribution is 0.0174. The minimum atomic E-state index is -0.467. The second-order valence-corrected chi connectivity index (χ2v) is 10.3. The fourth-order valence-corrected chi connectivity index (χ4v) is 5.03. The fraction of sp³-hybridized carbons (Fsp3) is 0.519. The van der Waals surface area contributed by atoms with Crippen LogP contribution in [0.15, 0.2) is 47.7 Å². The van der Waals surface area contributed by atoms with Crippen molar-refractivity contribution in [3.63, 3.8) is 0 Å². The van der Waals surface area contributed by atoms with Crippen LogP contribution < -0.4 is 5.73 Å². The molecule has 1 atom stereocenters. The van der Waals surface area contributed by atoms with Crippen LogP contribution in [-0.2, 0) is 4.74 Å². The number of allylic oxidation sites excluding steroid dienone is 4. The number of hydrogen-bond donors (Lipinski definition) is 1. The number of fused-ring (bicyclic) bond motifs is 1. The number of nitrogens with zero attached hydrogens (tertiary/aromatic N) is 1. The molecule has 4 nitrogen and oxygen atoms in total. The molecule has 0 radical (unpaired) electrons. The van der Waals surface area contributed by atoms with Gasteiger partial charge in [0.25, 0.3) is 0 Å². The van der Waals surface area contributed by atoms with Crippen LogP contribution in [-0.4, -0.2) is 29.7 Å². The molecular formula is C27H37ClN2O2. The van der Waals surface area contributed by atoms with E-state index in [2.05, 4.69) is 31.2 Å². The molecule has 32 heavy (non-hydrogen) atoms. The molecule has 0 aromatic heterocycles. The first kappa shape index (κ1) is 24.4. The third-order valence-electron chi connectivity index (χ3n) is 6.32. The molecule has 1 aliphatic heterocycles. The van der Waals surface area contributed by atoms with Crippen molar-refractivity contribution in [3.05, 3.63) is 63.8 Å². The largest absolute Gasteiger partial charge is 0.444 e. The van der Waals surface area contributed by atoms with Crippen molar-refractivity contribution in [2.75, 3.05) is 13.1 Å². The number of carbonyl (C=O) groups excluding carboxylic acids is 1. The number of rotatable bonds is 4. The van der Waals surface area contributed by atoms with Crippen molar-refractivity contribution >= 4 is 23.8 Å². The lowest BCUT2D eigenvalue weighted by atomic mass is 9.76. The van der Waals surface area contributed by atoms with E-state index in [1.165, 1.54) is 22.3 Å². The van der Waals surface area contributed by atoms with Crippen molar-refractivity contribution in [3.8, 4) is 0 Å². The molecule has 1 aromatic carbocycles. The number of hydrogen-bond acceptors (Lipinski definition) is 3. The first-order valence-electron chi connectivity index (χ1n) is 11.8. The van der Waals surface area contributed by atoms with E-state index >= 15 is 0 Å². The number of benzene rings is 1. The van der Waals surface area contributed by atoms with Crippen molar-refractivity contribution in [1.29, 1.82) is 0 Å². The SMILES string of the molecule is CCCC1=Cc2cc(Cl)ccc2C(C2CCN(C(=O)OC(C)(C)C)CC2)C/C1=C\C=C/N. The topological polar surface area (TPSA) is 55.6 Å². The molecule has 3 rings (SSSR count). The van der Waals surface area contributed by atoms with Gasteiger partial charge >= 0.3 is 6.09 Å². The number of likely N-dealkylation sites (tertiary alicyclic amines) is 1. The maximum absolute atomic E-state index is 12.5. The summed E-state index contributed by atoms with van der Waals surface area (Å²) in [6.07, 6.45) is 12.8. The van der Waals surface area contributed by atoms with Gasteiger partial charge in [-0.05, 0) is 105 Å². The summed E-state index contributed by atoms with van der Waals surface area (Å²) in [5, 5.41) is 0.767. The molecule has 2 N–H and O–H groups in total. The highest BCUT2D eigenvalue weighted by atomic mass is 35.5. The third-order valence-corrected chi connectivity index (χ3v) is 6.55.